The number of rotatable bonds is 4. The van der Waals surface area contributed by atoms with Crippen LogP contribution in [-0.2, 0) is 0 Å². The van der Waals surface area contributed by atoms with Gasteiger partial charge in [0, 0.05) is 54.7 Å². The molecule has 0 aromatic heterocycles. The minimum Gasteiger partial charge on any atom is -0.370 e. The second kappa shape index (κ2) is 7.28. The van der Waals surface area contributed by atoms with E-state index in [9.17, 15) is 18.0 Å². The number of alkyl halides is 3. The molecular formula is C21H24F3N3O. The fourth-order valence-electron chi connectivity index (χ4n) is 4.34. The summed E-state index contributed by atoms with van der Waals surface area (Å²) < 4.78 is 37.6. The van der Waals surface area contributed by atoms with Gasteiger partial charge < -0.3 is 14.7 Å². The van der Waals surface area contributed by atoms with Gasteiger partial charge in [-0.3, -0.25) is 4.79 Å². The number of carbonyl (C=O) groups is 1. The van der Waals surface area contributed by atoms with Crippen LogP contribution < -0.4 is 9.80 Å². The monoisotopic (exact) mass is 391 g/mol. The summed E-state index contributed by atoms with van der Waals surface area (Å²) in [6, 6.07) is 9.87. The van der Waals surface area contributed by atoms with Gasteiger partial charge in [-0.2, -0.15) is 13.2 Å². The zero-order chi connectivity index (χ0) is 19.9. The molecule has 0 unspecified atom stereocenters. The predicted molar refractivity (Wildman–Crippen MR) is 105 cm³/mol. The van der Waals surface area contributed by atoms with Gasteiger partial charge in [0.15, 0.2) is 0 Å². The van der Waals surface area contributed by atoms with E-state index in [2.05, 4.69) is 4.90 Å². The topological polar surface area (TPSA) is 26.8 Å². The van der Waals surface area contributed by atoms with Crippen molar-refractivity contribution in [3.05, 3.63) is 35.9 Å². The molecule has 0 radical (unpaired) electrons. The second-order valence-corrected chi connectivity index (χ2v) is 7.43. The number of carbonyl (C=O) groups excluding carboxylic acids is 1. The summed E-state index contributed by atoms with van der Waals surface area (Å²) >= 11 is 0. The van der Waals surface area contributed by atoms with E-state index in [1.54, 1.807) is 4.90 Å². The highest BCUT2D eigenvalue weighted by atomic mass is 19.4. The molecule has 4 nitrogen and oxygen atoms in total. The molecule has 2 aromatic rings. The van der Waals surface area contributed by atoms with Crippen molar-refractivity contribution in [1.82, 2.24) is 4.90 Å². The Hall–Kier alpha value is -2.28. The molecule has 0 atom stereocenters. The minimum absolute atomic E-state index is 0.0365. The standard InChI is InChI=1S/C21H24F3N3O/c1-2-27-18-8-7-17(15-5-3-6-16(19(15)18)20(27)28)26-11-4-10-25(13-14-26)12-9-21(22,23)24/h3,5-8H,2,4,9-14H2,1H3. The number of benzene rings is 2. The van der Waals surface area contributed by atoms with E-state index in [4.69, 9.17) is 0 Å². The predicted octanol–water partition coefficient (Wildman–Crippen LogP) is 4.28. The van der Waals surface area contributed by atoms with Crippen molar-refractivity contribution in [2.75, 3.05) is 49.1 Å². The van der Waals surface area contributed by atoms with Crippen LogP contribution >= 0.6 is 0 Å². The Kier molecular flexibility index (Phi) is 4.95. The van der Waals surface area contributed by atoms with Crippen LogP contribution in [0.3, 0.4) is 0 Å². The Bertz CT molecular complexity index is 896. The first-order valence-corrected chi connectivity index (χ1v) is 9.80. The number of halogens is 3. The minimum atomic E-state index is -4.11. The second-order valence-electron chi connectivity index (χ2n) is 7.43. The first-order valence-electron chi connectivity index (χ1n) is 9.80. The highest BCUT2D eigenvalue weighted by Gasteiger charge is 2.31. The van der Waals surface area contributed by atoms with E-state index in [1.165, 1.54) is 0 Å². The van der Waals surface area contributed by atoms with Crippen LogP contribution in [0.4, 0.5) is 24.5 Å². The summed E-state index contributed by atoms with van der Waals surface area (Å²) in [5, 5.41) is 2.04. The molecule has 28 heavy (non-hydrogen) atoms. The summed E-state index contributed by atoms with van der Waals surface area (Å²) in [6.45, 7) is 5.42. The van der Waals surface area contributed by atoms with Crippen molar-refractivity contribution in [3.8, 4) is 0 Å². The Labute approximate surface area is 162 Å². The molecule has 0 bridgehead atoms. The summed E-state index contributed by atoms with van der Waals surface area (Å²) in [7, 11) is 0. The number of hydrogen-bond donors (Lipinski definition) is 0. The van der Waals surface area contributed by atoms with Gasteiger partial charge in [-0.25, -0.2) is 0 Å². The van der Waals surface area contributed by atoms with Crippen LogP contribution in [0.15, 0.2) is 30.3 Å². The molecule has 0 spiro atoms. The molecule has 1 fully saturated rings. The van der Waals surface area contributed by atoms with Crippen LogP contribution in [0.2, 0.25) is 0 Å². The molecule has 0 aliphatic carbocycles. The fraction of sp³-hybridized carbons (Fsp3) is 0.476. The van der Waals surface area contributed by atoms with E-state index in [1.807, 2.05) is 42.2 Å². The van der Waals surface area contributed by atoms with Crippen molar-refractivity contribution in [1.29, 1.82) is 0 Å². The number of hydrogen-bond acceptors (Lipinski definition) is 3. The Morgan fingerprint density at radius 3 is 2.54 bits per heavy atom. The largest absolute Gasteiger partial charge is 0.390 e. The third kappa shape index (κ3) is 3.43. The third-order valence-electron chi connectivity index (χ3n) is 5.72. The van der Waals surface area contributed by atoms with Gasteiger partial charge in [0.1, 0.15) is 0 Å². The molecule has 7 heteroatoms. The fourth-order valence-corrected chi connectivity index (χ4v) is 4.34. The number of amides is 1. The molecule has 2 aliphatic rings. The van der Waals surface area contributed by atoms with Gasteiger partial charge >= 0.3 is 6.18 Å². The molecule has 0 saturated carbocycles. The molecule has 2 heterocycles. The lowest BCUT2D eigenvalue weighted by Crippen LogP contribution is -2.33. The first kappa shape index (κ1) is 19.1. The summed E-state index contributed by atoms with van der Waals surface area (Å²) in [6.07, 6.45) is -4.05. The molecule has 150 valence electrons. The molecule has 0 N–H and O–H groups in total. The summed E-state index contributed by atoms with van der Waals surface area (Å²) in [5.74, 6) is 0.0365. The van der Waals surface area contributed by atoms with Gasteiger partial charge in [-0.1, -0.05) is 12.1 Å². The van der Waals surface area contributed by atoms with E-state index in [0.717, 1.165) is 40.7 Å². The average Bonchev–Trinajstić information content (AvgIpc) is 2.82. The van der Waals surface area contributed by atoms with Gasteiger partial charge in [-0.05, 0) is 38.1 Å². The molecule has 1 saturated heterocycles. The normalized spacial score (nSPS) is 18.2. The summed E-state index contributed by atoms with van der Waals surface area (Å²) in [4.78, 5) is 18.6. The van der Waals surface area contributed by atoms with E-state index < -0.39 is 12.6 Å². The number of nitrogens with zero attached hydrogens (tertiary/aromatic N) is 3. The molecule has 4 rings (SSSR count). The van der Waals surface area contributed by atoms with Gasteiger partial charge in [0.25, 0.3) is 5.91 Å². The molecule has 2 aromatic carbocycles. The maximum Gasteiger partial charge on any atom is 0.390 e. The van der Waals surface area contributed by atoms with Crippen LogP contribution in [-0.4, -0.2) is 56.3 Å². The summed E-state index contributed by atoms with van der Waals surface area (Å²) in [5.41, 5.74) is 2.74. The van der Waals surface area contributed by atoms with Gasteiger partial charge in [0.2, 0.25) is 0 Å². The molecule has 1 amide bonds. The first-order chi connectivity index (χ1) is 13.4. The van der Waals surface area contributed by atoms with Crippen LogP contribution in [0.25, 0.3) is 10.8 Å². The Balaban J connectivity index is 1.59. The van der Waals surface area contributed by atoms with Crippen LogP contribution in [0.5, 0.6) is 0 Å². The lowest BCUT2D eigenvalue weighted by Gasteiger charge is -2.26. The van der Waals surface area contributed by atoms with Crippen LogP contribution in [0.1, 0.15) is 30.1 Å². The van der Waals surface area contributed by atoms with Crippen LogP contribution in [0, 0.1) is 0 Å². The average molecular weight is 391 g/mol. The van der Waals surface area contributed by atoms with Gasteiger partial charge in [-0.15, -0.1) is 0 Å². The maximum absolute atomic E-state index is 12.7. The Morgan fingerprint density at radius 1 is 1.00 bits per heavy atom. The van der Waals surface area contributed by atoms with Crippen molar-refractivity contribution < 1.29 is 18.0 Å². The zero-order valence-corrected chi connectivity index (χ0v) is 15.9. The highest BCUT2D eigenvalue weighted by molar-refractivity contribution is 6.26. The quantitative estimate of drug-likeness (QED) is 0.778. The zero-order valence-electron chi connectivity index (χ0n) is 15.9. The van der Waals surface area contributed by atoms with Crippen molar-refractivity contribution in [2.45, 2.75) is 25.9 Å². The smallest absolute Gasteiger partial charge is 0.370 e. The van der Waals surface area contributed by atoms with E-state index in [-0.39, 0.29) is 12.5 Å². The third-order valence-corrected chi connectivity index (χ3v) is 5.72. The SMILES string of the molecule is CCN1C(=O)c2cccc3c(N4CCCN(CCC(F)(F)F)CC4)ccc1c23. The maximum atomic E-state index is 12.7. The molecular weight excluding hydrogens is 367 g/mol. The Morgan fingerprint density at radius 2 is 1.79 bits per heavy atom. The van der Waals surface area contributed by atoms with Crippen molar-refractivity contribution in [3.63, 3.8) is 0 Å². The van der Waals surface area contributed by atoms with E-state index in [0.29, 0.717) is 26.2 Å². The number of anilines is 2. The van der Waals surface area contributed by atoms with Gasteiger partial charge in [0.05, 0.1) is 12.1 Å². The van der Waals surface area contributed by atoms with Crippen molar-refractivity contribution in [2.24, 2.45) is 0 Å². The molecule has 2 aliphatic heterocycles. The lowest BCUT2D eigenvalue weighted by atomic mass is 10.0. The lowest BCUT2D eigenvalue weighted by molar-refractivity contribution is -0.137. The van der Waals surface area contributed by atoms with Crippen molar-refractivity contribution >= 4 is 28.1 Å². The highest BCUT2D eigenvalue weighted by Crippen LogP contribution is 2.41. The van der Waals surface area contributed by atoms with E-state index >= 15 is 0 Å².